The Balaban J connectivity index is 1.94. The minimum atomic E-state index is -1.31. The Morgan fingerprint density at radius 1 is 1.26 bits per heavy atom. The Bertz CT molecular complexity index is 983. The van der Waals surface area contributed by atoms with Crippen LogP contribution in [-0.4, -0.2) is 48.3 Å². The van der Waals surface area contributed by atoms with Crippen molar-refractivity contribution in [1.82, 2.24) is 9.88 Å². The van der Waals surface area contributed by atoms with E-state index in [9.17, 15) is 19.5 Å². The molecule has 0 bridgehead atoms. The molecule has 0 unspecified atom stereocenters. The molecule has 1 aliphatic heterocycles. The van der Waals surface area contributed by atoms with Gasteiger partial charge >= 0.3 is 11.9 Å². The van der Waals surface area contributed by atoms with Crippen LogP contribution in [0.2, 0.25) is 0 Å². The quantitative estimate of drug-likeness (QED) is 0.561. The summed E-state index contributed by atoms with van der Waals surface area (Å²) in [6.07, 6.45) is 2.69. The number of thiocarbonyl (C=S) groups is 1. The maximum Gasteiger partial charge on any atom is 0.326 e. The molecular formula is C18H14N2O5S2. The third-order valence-corrected chi connectivity index (χ3v) is 5.35. The molecule has 1 aliphatic rings. The predicted octanol–water partition coefficient (Wildman–Crippen LogP) is 2.75. The van der Waals surface area contributed by atoms with Crippen LogP contribution >= 0.6 is 24.0 Å². The van der Waals surface area contributed by atoms with Gasteiger partial charge in [-0.3, -0.25) is 19.5 Å². The molecule has 1 amide bonds. The van der Waals surface area contributed by atoms with Gasteiger partial charge in [-0.15, -0.1) is 0 Å². The first-order chi connectivity index (χ1) is 12.9. The maximum absolute atomic E-state index is 12.8. The number of hydrogen-bond acceptors (Lipinski definition) is 6. The Kier molecular flexibility index (Phi) is 5.52. The molecule has 27 heavy (non-hydrogen) atoms. The van der Waals surface area contributed by atoms with Crippen molar-refractivity contribution in [2.75, 3.05) is 0 Å². The van der Waals surface area contributed by atoms with Crippen molar-refractivity contribution in [3.63, 3.8) is 0 Å². The summed E-state index contributed by atoms with van der Waals surface area (Å²) in [6, 6.07) is 7.89. The van der Waals surface area contributed by atoms with Gasteiger partial charge in [0.2, 0.25) is 0 Å². The standard InChI is InChI=1S/C18H14N2O5S2/c21-15(22)6-5-13(17(24)25)20-16(23)14(27-18(20)26)9-10-7-8-19-12-4-2-1-3-11(10)12/h1-4,7-9,13H,5-6H2,(H,21,22)(H,24,25)/b14-9-/t13-/m0/s1. The molecule has 3 rings (SSSR count). The normalized spacial score (nSPS) is 16.9. The zero-order chi connectivity index (χ0) is 19.6. The molecule has 7 nitrogen and oxygen atoms in total. The van der Waals surface area contributed by atoms with Crippen molar-refractivity contribution < 1.29 is 24.6 Å². The summed E-state index contributed by atoms with van der Waals surface area (Å²) in [5.41, 5.74) is 1.53. The average molecular weight is 402 g/mol. The number of para-hydroxylation sites is 1. The van der Waals surface area contributed by atoms with Gasteiger partial charge in [0.25, 0.3) is 5.91 Å². The van der Waals surface area contributed by atoms with Crippen molar-refractivity contribution in [3.05, 3.63) is 47.0 Å². The van der Waals surface area contributed by atoms with Gasteiger partial charge in [-0.25, -0.2) is 4.79 Å². The van der Waals surface area contributed by atoms with Crippen molar-refractivity contribution in [3.8, 4) is 0 Å². The van der Waals surface area contributed by atoms with E-state index in [0.29, 0.717) is 0 Å². The molecular weight excluding hydrogens is 388 g/mol. The number of carbonyl (C=O) groups excluding carboxylic acids is 1. The molecule has 1 aromatic carbocycles. The molecule has 9 heteroatoms. The number of hydrogen-bond donors (Lipinski definition) is 2. The van der Waals surface area contributed by atoms with Gasteiger partial charge in [0, 0.05) is 18.0 Å². The monoisotopic (exact) mass is 402 g/mol. The number of aromatic nitrogens is 1. The van der Waals surface area contributed by atoms with Crippen molar-refractivity contribution in [2.24, 2.45) is 0 Å². The summed E-state index contributed by atoms with van der Waals surface area (Å²) in [5, 5.41) is 19.1. The predicted molar refractivity (Wildman–Crippen MR) is 105 cm³/mol. The molecule has 1 saturated heterocycles. The number of benzene rings is 1. The third-order valence-electron chi connectivity index (χ3n) is 4.02. The lowest BCUT2D eigenvalue weighted by atomic mass is 10.1. The van der Waals surface area contributed by atoms with E-state index in [1.807, 2.05) is 24.3 Å². The lowest BCUT2D eigenvalue weighted by Crippen LogP contribution is -2.44. The second kappa shape index (κ2) is 7.85. The van der Waals surface area contributed by atoms with Crippen LogP contribution in [0, 0.1) is 0 Å². The van der Waals surface area contributed by atoms with E-state index >= 15 is 0 Å². The number of thioether (sulfide) groups is 1. The highest BCUT2D eigenvalue weighted by atomic mass is 32.2. The Hall–Kier alpha value is -2.78. The number of carbonyl (C=O) groups is 3. The average Bonchev–Trinajstić information content (AvgIpc) is 2.89. The summed E-state index contributed by atoms with van der Waals surface area (Å²) in [6.45, 7) is 0. The fourth-order valence-electron chi connectivity index (χ4n) is 2.76. The molecule has 2 N–H and O–H groups in total. The highest BCUT2D eigenvalue weighted by Gasteiger charge is 2.40. The van der Waals surface area contributed by atoms with E-state index in [1.54, 1.807) is 18.3 Å². The van der Waals surface area contributed by atoms with E-state index in [2.05, 4.69) is 4.98 Å². The second-order valence-electron chi connectivity index (χ2n) is 5.76. The Labute approximate surface area is 163 Å². The highest BCUT2D eigenvalue weighted by molar-refractivity contribution is 8.26. The van der Waals surface area contributed by atoms with Gasteiger partial charge in [-0.2, -0.15) is 0 Å². The lowest BCUT2D eigenvalue weighted by molar-refractivity contribution is -0.146. The van der Waals surface area contributed by atoms with E-state index in [1.165, 1.54) is 0 Å². The third kappa shape index (κ3) is 3.99. The fourth-order valence-corrected chi connectivity index (χ4v) is 4.10. The Morgan fingerprint density at radius 3 is 2.70 bits per heavy atom. The van der Waals surface area contributed by atoms with Crippen LogP contribution in [0.4, 0.5) is 0 Å². The van der Waals surface area contributed by atoms with Crippen molar-refractivity contribution in [2.45, 2.75) is 18.9 Å². The summed E-state index contributed by atoms with van der Waals surface area (Å²) >= 11 is 6.19. The maximum atomic E-state index is 12.8. The van der Waals surface area contributed by atoms with Crippen LogP contribution in [0.1, 0.15) is 18.4 Å². The van der Waals surface area contributed by atoms with Gasteiger partial charge in [0.05, 0.1) is 10.4 Å². The zero-order valence-electron chi connectivity index (χ0n) is 13.9. The molecule has 2 aromatic rings. The molecule has 1 atom stereocenters. The van der Waals surface area contributed by atoms with Crippen LogP contribution in [-0.2, 0) is 14.4 Å². The molecule has 0 aliphatic carbocycles. The number of rotatable bonds is 6. The van der Waals surface area contributed by atoms with E-state index in [-0.39, 0.29) is 22.1 Å². The van der Waals surface area contributed by atoms with Gasteiger partial charge in [-0.05, 0) is 30.2 Å². The van der Waals surface area contributed by atoms with Gasteiger partial charge in [-0.1, -0.05) is 42.2 Å². The minimum Gasteiger partial charge on any atom is -0.481 e. The number of aliphatic carboxylic acids is 2. The first-order valence-corrected chi connectivity index (χ1v) is 9.16. The summed E-state index contributed by atoms with van der Waals surface area (Å²) in [5.74, 6) is -2.96. The van der Waals surface area contributed by atoms with Crippen LogP contribution in [0.25, 0.3) is 17.0 Å². The summed E-state index contributed by atoms with van der Waals surface area (Å²) < 4.78 is 0.0994. The summed E-state index contributed by atoms with van der Waals surface area (Å²) in [4.78, 5) is 40.6. The number of carboxylic acid groups (broad SMARTS) is 2. The molecule has 1 aromatic heterocycles. The van der Waals surface area contributed by atoms with Crippen LogP contribution in [0.3, 0.4) is 0 Å². The van der Waals surface area contributed by atoms with Crippen LogP contribution < -0.4 is 0 Å². The number of fused-ring (bicyclic) bond motifs is 1. The minimum absolute atomic E-state index is 0.0994. The Morgan fingerprint density at radius 2 is 2.00 bits per heavy atom. The number of carboxylic acids is 2. The van der Waals surface area contributed by atoms with E-state index < -0.39 is 23.9 Å². The van der Waals surface area contributed by atoms with Gasteiger partial charge < -0.3 is 10.2 Å². The molecule has 0 radical (unpaired) electrons. The largest absolute Gasteiger partial charge is 0.481 e. The van der Waals surface area contributed by atoms with Crippen molar-refractivity contribution >= 4 is 63.1 Å². The molecule has 2 heterocycles. The first kappa shape index (κ1) is 19.0. The second-order valence-corrected chi connectivity index (χ2v) is 7.43. The van der Waals surface area contributed by atoms with Crippen LogP contribution in [0.15, 0.2) is 41.4 Å². The van der Waals surface area contributed by atoms with E-state index in [4.69, 9.17) is 17.3 Å². The topological polar surface area (TPSA) is 108 Å². The SMILES string of the molecule is O=C(O)CC[C@@H](C(=O)O)N1C(=O)/C(=C/c2ccnc3ccccc23)SC1=S. The van der Waals surface area contributed by atoms with E-state index in [0.717, 1.165) is 33.1 Å². The van der Waals surface area contributed by atoms with Gasteiger partial charge in [0.15, 0.2) is 0 Å². The smallest absolute Gasteiger partial charge is 0.326 e. The van der Waals surface area contributed by atoms with Gasteiger partial charge in [0.1, 0.15) is 10.4 Å². The zero-order valence-corrected chi connectivity index (χ0v) is 15.5. The highest BCUT2D eigenvalue weighted by Crippen LogP contribution is 2.35. The van der Waals surface area contributed by atoms with Crippen molar-refractivity contribution in [1.29, 1.82) is 0 Å². The fraction of sp³-hybridized carbons (Fsp3) is 0.167. The molecule has 1 fully saturated rings. The van der Waals surface area contributed by atoms with Crippen LogP contribution in [0.5, 0.6) is 0 Å². The number of pyridine rings is 1. The lowest BCUT2D eigenvalue weighted by Gasteiger charge is -2.22. The molecule has 138 valence electrons. The molecule has 0 spiro atoms. The number of amides is 1. The number of nitrogens with zero attached hydrogens (tertiary/aromatic N) is 2. The first-order valence-electron chi connectivity index (χ1n) is 7.94. The summed E-state index contributed by atoms with van der Waals surface area (Å²) in [7, 11) is 0. The molecule has 0 saturated carbocycles.